The Labute approximate surface area is 103 Å². The Bertz CT molecular complexity index is 391. The highest BCUT2D eigenvalue weighted by molar-refractivity contribution is 5.36. The SMILES string of the molecule is OC1CCC(CNc2ccc(C(F)(F)F)cn2)C1. The largest absolute Gasteiger partial charge is 0.417 e. The minimum atomic E-state index is -4.35. The van der Waals surface area contributed by atoms with Crippen LogP contribution < -0.4 is 5.32 Å². The lowest BCUT2D eigenvalue weighted by Gasteiger charge is -2.12. The number of nitrogens with zero attached hydrogens (tertiary/aromatic N) is 1. The summed E-state index contributed by atoms with van der Waals surface area (Å²) in [7, 11) is 0. The van der Waals surface area contributed by atoms with E-state index in [1.54, 1.807) is 0 Å². The Hall–Kier alpha value is -1.30. The smallest absolute Gasteiger partial charge is 0.393 e. The topological polar surface area (TPSA) is 45.1 Å². The van der Waals surface area contributed by atoms with Gasteiger partial charge < -0.3 is 10.4 Å². The van der Waals surface area contributed by atoms with Gasteiger partial charge in [-0.3, -0.25) is 0 Å². The average Bonchev–Trinajstić information content (AvgIpc) is 2.72. The van der Waals surface area contributed by atoms with Crippen LogP contribution in [-0.2, 0) is 6.18 Å². The normalized spacial score (nSPS) is 24.2. The van der Waals surface area contributed by atoms with Crippen LogP contribution in [0.1, 0.15) is 24.8 Å². The molecule has 1 saturated carbocycles. The zero-order valence-corrected chi connectivity index (χ0v) is 9.74. The molecular weight excluding hydrogens is 245 g/mol. The molecule has 6 heteroatoms. The summed E-state index contributed by atoms with van der Waals surface area (Å²) in [5.41, 5.74) is -0.746. The lowest BCUT2D eigenvalue weighted by atomic mass is 10.1. The molecule has 18 heavy (non-hydrogen) atoms. The Balaban J connectivity index is 1.87. The van der Waals surface area contributed by atoms with Gasteiger partial charge in [0.05, 0.1) is 11.7 Å². The van der Waals surface area contributed by atoms with Gasteiger partial charge in [0.25, 0.3) is 0 Å². The van der Waals surface area contributed by atoms with Crippen LogP contribution in [0.15, 0.2) is 18.3 Å². The van der Waals surface area contributed by atoms with E-state index in [0.29, 0.717) is 18.3 Å². The first-order valence-electron chi connectivity index (χ1n) is 5.90. The van der Waals surface area contributed by atoms with Gasteiger partial charge in [-0.05, 0) is 37.3 Å². The van der Waals surface area contributed by atoms with E-state index in [4.69, 9.17) is 0 Å². The van der Waals surface area contributed by atoms with E-state index in [9.17, 15) is 18.3 Å². The summed E-state index contributed by atoms with van der Waals surface area (Å²) in [6.07, 6.45) is -1.28. The molecule has 0 amide bonds. The van der Waals surface area contributed by atoms with Crippen LogP contribution in [0.5, 0.6) is 0 Å². The number of pyridine rings is 1. The first kappa shape index (κ1) is 13.1. The van der Waals surface area contributed by atoms with Crippen LogP contribution in [0.4, 0.5) is 19.0 Å². The molecule has 0 saturated heterocycles. The maximum atomic E-state index is 12.3. The Morgan fingerprint density at radius 2 is 2.11 bits per heavy atom. The van der Waals surface area contributed by atoms with E-state index >= 15 is 0 Å². The van der Waals surface area contributed by atoms with Gasteiger partial charge in [-0.2, -0.15) is 13.2 Å². The molecule has 1 fully saturated rings. The maximum Gasteiger partial charge on any atom is 0.417 e. The standard InChI is InChI=1S/C12H15F3N2O/c13-12(14,15)9-2-4-11(17-7-9)16-6-8-1-3-10(18)5-8/h2,4,7-8,10,18H,1,3,5-6H2,(H,16,17). The van der Waals surface area contributed by atoms with Crippen molar-refractivity contribution < 1.29 is 18.3 Å². The number of alkyl halides is 3. The van der Waals surface area contributed by atoms with Crippen molar-refractivity contribution in [1.82, 2.24) is 4.98 Å². The number of aromatic nitrogens is 1. The zero-order chi connectivity index (χ0) is 13.2. The van der Waals surface area contributed by atoms with Crippen molar-refractivity contribution in [2.24, 2.45) is 5.92 Å². The molecule has 1 aromatic heterocycles. The molecule has 100 valence electrons. The summed E-state index contributed by atoms with van der Waals surface area (Å²) in [4.78, 5) is 3.73. The second-order valence-electron chi connectivity index (χ2n) is 4.64. The molecule has 1 heterocycles. The molecule has 2 N–H and O–H groups in total. The summed E-state index contributed by atoms with van der Waals surface area (Å²) in [6.45, 7) is 0.634. The van der Waals surface area contributed by atoms with Crippen molar-refractivity contribution >= 4 is 5.82 Å². The predicted octanol–water partition coefficient (Wildman–Crippen LogP) is 2.67. The van der Waals surface area contributed by atoms with Gasteiger partial charge in [0.15, 0.2) is 0 Å². The van der Waals surface area contributed by atoms with Gasteiger partial charge in [0, 0.05) is 12.7 Å². The molecule has 2 unspecified atom stereocenters. The molecule has 2 atom stereocenters. The first-order valence-corrected chi connectivity index (χ1v) is 5.90. The van der Waals surface area contributed by atoms with Crippen molar-refractivity contribution in [3.05, 3.63) is 23.9 Å². The van der Waals surface area contributed by atoms with E-state index in [0.717, 1.165) is 31.5 Å². The van der Waals surface area contributed by atoms with E-state index < -0.39 is 11.7 Å². The number of rotatable bonds is 3. The summed E-state index contributed by atoms with van der Waals surface area (Å²) in [5.74, 6) is 0.800. The fraction of sp³-hybridized carbons (Fsp3) is 0.583. The average molecular weight is 260 g/mol. The molecular formula is C12H15F3N2O. The molecule has 1 aliphatic rings. The summed E-state index contributed by atoms with van der Waals surface area (Å²) in [5, 5.41) is 12.4. The maximum absolute atomic E-state index is 12.3. The summed E-state index contributed by atoms with van der Waals surface area (Å²) >= 11 is 0. The number of hydrogen-bond acceptors (Lipinski definition) is 3. The number of hydrogen-bond donors (Lipinski definition) is 2. The van der Waals surface area contributed by atoms with E-state index in [-0.39, 0.29) is 6.10 Å². The lowest BCUT2D eigenvalue weighted by Crippen LogP contribution is -2.14. The highest BCUT2D eigenvalue weighted by Crippen LogP contribution is 2.29. The van der Waals surface area contributed by atoms with Gasteiger partial charge in [0.2, 0.25) is 0 Å². The molecule has 0 spiro atoms. The molecule has 0 aromatic carbocycles. The van der Waals surface area contributed by atoms with Gasteiger partial charge in [-0.15, -0.1) is 0 Å². The van der Waals surface area contributed by atoms with Crippen LogP contribution in [0.3, 0.4) is 0 Å². The van der Waals surface area contributed by atoms with E-state index in [1.165, 1.54) is 6.07 Å². The second-order valence-corrected chi connectivity index (χ2v) is 4.64. The summed E-state index contributed by atoms with van der Waals surface area (Å²) in [6, 6.07) is 2.34. The Kier molecular flexibility index (Phi) is 3.75. The highest BCUT2D eigenvalue weighted by atomic mass is 19.4. The van der Waals surface area contributed by atoms with Crippen molar-refractivity contribution in [3.63, 3.8) is 0 Å². The van der Waals surface area contributed by atoms with Crippen LogP contribution in [0, 0.1) is 5.92 Å². The molecule has 1 aromatic rings. The van der Waals surface area contributed by atoms with Crippen LogP contribution in [-0.4, -0.2) is 22.7 Å². The van der Waals surface area contributed by atoms with Crippen molar-refractivity contribution in [2.75, 3.05) is 11.9 Å². The zero-order valence-electron chi connectivity index (χ0n) is 9.74. The number of nitrogens with one attached hydrogen (secondary N) is 1. The fourth-order valence-corrected chi connectivity index (χ4v) is 2.15. The van der Waals surface area contributed by atoms with Crippen LogP contribution >= 0.6 is 0 Å². The number of aliphatic hydroxyl groups excluding tert-OH is 1. The minimum absolute atomic E-state index is 0.239. The van der Waals surface area contributed by atoms with E-state index in [2.05, 4.69) is 10.3 Å². The van der Waals surface area contributed by atoms with Gasteiger partial charge in [0.1, 0.15) is 5.82 Å². The first-order chi connectivity index (χ1) is 8.45. The molecule has 2 rings (SSSR count). The lowest BCUT2D eigenvalue weighted by molar-refractivity contribution is -0.137. The van der Waals surface area contributed by atoms with Gasteiger partial charge in [-0.1, -0.05) is 0 Å². The second kappa shape index (κ2) is 5.14. The third-order valence-corrected chi connectivity index (χ3v) is 3.18. The predicted molar refractivity (Wildman–Crippen MR) is 61.1 cm³/mol. The Morgan fingerprint density at radius 1 is 1.33 bits per heavy atom. The third kappa shape index (κ3) is 3.35. The van der Waals surface area contributed by atoms with Crippen LogP contribution in [0.25, 0.3) is 0 Å². The number of anilines is 1. The minimum Gasteiger partial charge on any atom is -0.393 e. The Morgan fingerprint density at radius 3 is 2.61 bits per heavy atom. The molecule has 3 nitrogen and oxygen atoms in total. The quantitative estimate of drug-likeness (QED) is 0.878. The molecule has 0 radical (unpaired) electrons. The van der Waals surface area contributed by atoms with Crippen molar-refractivity contribution in [2.45, 2.75) is 31.5 Å². The van der Waals surface area contributed by atoms with Crippen LogP contribution in [0.2, 0.25) is 0 Å². The molecule has 0 bridgehead atoms. The van der Waals surface area contributed by atoms with E-state index in [1.807, 2.05) is 0 Å². The monoisotopic (exact) mass is 260 g/mol. The summed E-state index contributed by atoms with van der Waals surface area (Å²) < 4.78 is 36.9. The van der Waals surface area contributed by atoms with Crippen molar-refractivity contribution in [1.29, 1.82) is 0 Å². The fourth-order valence-electron chi connectivity index (χ4n) is 2.15. The van der Waals surface area contributed by atoms with Gasteiger partial charge in [-0.25, -0.2) is 4.98 Å². The highest BCUT2D eigenvalue weighted by Gasteiger charge is 2.30. The van der Waals surface area contributed by atoms with Crippen molar-refractivity contribution in [3.8, 4) is 0 Å². The molecule has 0 aliphatic heterocycles. The molecule has 1 aliphatic carbocycles. The number of aliphatic hydroxyl groups is 1. The van der Waals surface area contributed by atoms with Gasteiger partial charge >= 0.3 is 6.18 Å². The number of halogens is 3. The third-order valence-electron chi connectivity index (χ3n) is 3.18.